The zero-order valence-electron chi connectivity index (χ0n) is 35.2. The summed E-state index contributed by atoms with van der Waals surface area (Å²) in [4.78, 5) is 0. The minimum absolute atomic E-state index is 0.0807. The van der Waals surface area contributed by atoms with Crippen LogP contribution in [0.25, 0.3) is 0 Å². The lowest BCUT2D eigenvalue weighted by molar-refractivity contribution is -0.128. The fourth-order valence-electron chi connectivity index (χ4n) is 13.1. The lowest BCUT2D eigenvalue weighted by Gasteiger charge is -2.63. The van der Waals surface area contributed by atoms with Gasteiger partial charge in [0.15, 0.2) is 0 Å². The second-order valence-electron chi connectivity index (χ2n) is 19.6. The van der Waals surface area contributed by atoms with Crippen molar-refractivity contribution in [3.8, 4) is 23.0 Å². The summed E-state index contributed by atoms with van der Waals surface area (Å²) in [6, 6.07) is 29.4. The van der Waals surface area contributed by atoms with Crippen molar-refractivity contribution in [2.24, 2.45) is 46.3 Å². The standard InChI is InChI=1S/C52H68N2O2/c1-34(2)9-7-10-37(5)51-27-8-11-47(51)45-23-12-40-33-52(30-29-50(40,6)46(45)26-28-51,38-13-24-48(35(3)31-38)55-43-19-15-41(53)16-20-43)39-14-25-49(36(4)32-39)56-44-21-17-42(54)18-22-44/h13-22,24-25,31-32,34,37,40,45-47H,7-12,23,26-30,33,53-54H2,1-6H3. The van der Waals surface area contributed by atoms with E-state index in [0.717, 1.165) is 64.0 Å². The van der Waals surface area contributed by atoms with Crippen molar-refractivity contribution in [1.29, 1.82) is 0 Å². The second-order valence-corrected chi connectivity index (χ2v) is 19.6. The van der Waals surface area contributed by atoms with E-state index in [9.17, 15) is 0 Å². The molecule has 4 aliphatic rings. The van der Waals surface area contributed by atoms with Gasteiger partial charge in [-0.05, 0) is 201 Å². The minimum atomic E-state index is -0.0807. The molecule has 0 radical (unpaired) electrons. The van der Waals surface area contributed by atoms with Gasteiger partial charge in [0.25, 0.3) is 0 Å². The fourth-order valence-corrected chi connectivity index (χ4v) is 13.1. The van der Waals surface area contributed by atoms with E-state index >= 15 is 0 Å². The molecule has 298 valence electrons. The first kappa shape index (κ1) is 38.9. The molecule has 0 aliphatic heterocycles. The monoisotopic (exact) mass is 753 g/mol. The van der Waals surface area contributed by atoms with Crippen LogP contribution in [0.5, 0.6) is 23.0 Å². The summed E-state index contributed by atoms with van der Waals surface area (Å²) >= 11 is 0. The van der Waals surface area contributed by atoms with Gasteiger partial charge in [-0.3, -0.25) is 0 Å². The molecule has 7 atom stereocenters. The number of benzene rings is 4. The van der Waals surface area contributed by atoms with Crippen LogP contribution in [0.15, 0.2) is 84.9 Å². The minimum Gasteiger partial charge on any atom is -0.457 e. The Morgan fingerprint density at radius 2 is 1.23 bits per heavy atom. The largest absolute Gasteiger partial charge is 0.457 e. The fraction of sp³-hybridized carbons (Fsp3) is 0.538. The molecule has 0 aromatic heterocycles. The van der Waals surface area contributed by atoms with E-state index in [0.29, 0.717) is 16.7 Å². The molecular weight excluding hydrogens is 685 g/mol. The van der Waals surface area contributed by atoms with Gasteiger partial charge in [-0.25, -0.2) is 0 Å². The summed E-state index contributed by atoms with van der Waals surface area (Å²) in [5.41, 5.74) is 19.5. The molecule has 0 amide bonds. The van der Waals surface area contributed by atoms with E-state index in [-0.39, 0.29) is 5.41 Å². The van der Waals surface area contributed by atoms with Crippen molar-refractivity contribution in [2.75, 3.05) is 11.5 Å². The van der Waals surface area contributed by atoms with E-state index in [1.165, 1.54) is 106 Å². The number of fused-ring (bicyclic) bond motifs is 5. The van der Waals surface area contributed by atoms with Gasteiger partial charge in [0.05, 0.1) is 0 Å². The average molecular weight is 753 g/mol. The molecule has 0 spiro atoms. The SMILES string of the molecule is Cc1cc(C2(c3ccc(Oc4ccc(N)cc4)c(C)c3)CCC3(C)C(CCC4C3CCC3(C(C)CCCC(C)C)CCCC43)C2)ccc1Oc1ccc(N)cc1. The van der Waals surface area contributed by atoms with E-state index in [1.54, 1.807) is 0 Å². The van der Waals surface area contributed by atoms with Crippen LogP contribution in [0.1, 0.15) is 133 Å². The van der Waals surface area contributed by atoms with Crippen molar-refractivity contribution in [3.05, 3.63) is 107 Å². The first-order valence-corrected chi connectivity index (χ1v) is 22.2. The van der Waals surface area contributed by atoms with Crippen LogP contribution in [0.2, 0.25) is 0 Å². The Balaban J connectivity index is 1.10. The van der Waals surface area contributed by atoms with E-state index in [1.807, 2.05) is 48.5 Å². The first-order valence-electron chi connectivity index (χ1n) is 22.2. The van der Waals surface area contributed by atoms with Gasteiger partial charge in [-0.1, -0.05) is 77.6 Å². The summed E-state index contributed by atoms with van der Waals surface area (Å²) < 4.78 is 12.8. The Bertz CT molecular complexity index is 1890. The highest BCUT2D eigenvalue weighted by atomic mass is 16.5. The molecule has 56 heavy (non-hydrogen) atoms. The van der Waals surface area contributed by atoms with E-state index in [2.05, 4.69) is 77.9 Å². The second kappa shape index (κ2) is 15.4. The zero-order chi connectivity index (χ0) is 39.2. The van der Waals surface area contributed by atoms with Crippen LogP contribution < -0.4 is 20.9 Å². The summed E-state index contributed by atoms with van der Waals surface area (Å²) in [7, 11) is 0. The Morgan fingerprint density at radius 1 is 0.643 bits per heavy atom. The van der Waals surface area contributed by atoms with Crippen molar-refractivity contribution < 1.29 is 9.47 Å². The van der Waals surface area contributed by atoms with Crippen LogP contribution in [0, 0.1) is 60.2 Å². The van der Waals surface area contributed by atoms with Crippen LogP contribution >= 0.6 is 0 Å². The predicted molar refractivity (Wildman–Crippen MR) is 234 cm³/mol. The molecule has 8 rings (SSSR count). The smallest absolute Gasteiger partial charge is 0.130 e. The summed E-state index contributed by atoms with van der Waals surface area (Å²) in [6.07, 6.45) is 18.0. The topological polar surface area (TPSA) is 70.5 Å². The van der Waals surface area contributed by atoms with Gasteiger partial charge < -0.3 is 20.9 Å². The van der Waals surface area contributed by atoms with Crippen molar-refractivity contribution in [2.45, 2.75) is 130 Å². The maximum atomic E-state index is 6.42. The Kier molecular flexibility index (Phi) is 10.7. The average Bonchev–Trinajstić information content (AvgIpc) is 3.64. The van der Waals surface area contributed by atoms with Crippen molar-refractivity contribution in [1.82, 2.24) is 0 Å². The zero-order valence-corrected chi connectivity index (χ0v) is 35.2. The molecule has 4 heteroatoms. The van der Waals surface area contributed by atoms with Gasteiger partial charge in [-0.2, -0.15) is 0 Å². The number of hydrogen-bond donors (Lipinski definition) is 2. The summed E-state index contributed by atoms with van der Waals surface area (Å²) in [5.74, 6) is 8.51. The number of nitrogens with two attached hydrogens (primary N) is 2. The molecule has 4 nitrogen and oxygen atoms in total. The molecule has 0 bridgehead atoms. The van der Waals surface area contributed by atoms with Crippen LogP contribution in [-0.2, 0) is 5.41 Å². The molecule has 0 saturated heterocycles. The number of nitrogen functional groups attached to an aromatic ring is 2. The van der Waals surface area contributed by atoms with Gasteiger partial charge in [0.1, 0.15) is 23.0 Å². The van der Waals surface area contributed by atoms with Crippen LogP contribution in [-0.4, -0.2) is 0 Å². The highest BCUT2D eigenvalue weighted by molar-refractivity contribution is 5.51. The molecule has 7 unspecified atom stereocenters. The van der Waals surface area contributed by atoms with Crippen LogP contribution in [0.3, 0.4) is 0 Å². The van der Waals surface area contributed by atoms with Gasteiger partial charge in [-0.15, -0.1) is 0 Å². The Labute approximate surface area is 338 Å². The van der Waals surface area contributed by atoms with Gasteiger partial charge in [0, 0.05) is 16.8 Å². The normalized spacial score (nSPS) is 28.6. The lowest BCUT2D eigenvalue weighted by Crippen LogP contribution is -2.56. The highest BCUT2D eigenvalue weighted by Crippen LogP contribution is 2.70. The highest BCUT2D eigenvalue weighted by Gasteiger charge is 2.61. The predicted octanol–water partition coefficient (Wildman–Crippen LogP) is 14.2. The molecule has 0 heterocycles. The summed E-state index contributed by atoms with van der Waals surface area (Å²) in [6.45, 7) is 14.6. The maximum Gasteiger partial charge on any atom is 0.130 e. The summed E-state index contributed by atoms with van der Waals surface area (Å²) in [5, 5.41) is 0. The molecule has 4 N–H and O–H groups in total. The number of hydrogen-bond acceptors (Lipinski definition) is 4. The molecular formula is C52H68N2O2. The van der Waals surface area contributed by atoms with E-state index < -0.39 is 0 Å². The number of aryl methyl sites for hydroxylation is 2. The Hall–Kier alpha value is -3.92. The van der Waals surface area contributed by atoms with Crippen molar-refractivity contribution >= 4 is 11.4 Å². The van der Waals surface area contributed by atoms with Gasteiger partial charge in [0.2, 0.25) is 0 Å². The molecule has 4 fully saturated rings. The van der Waals surface area contributed by atoms with Gasteiger partial charge >= 0.3 is 0 Å². The molecule has 4 aromatic carbocycles. The first-order chi connectivity index (χ1) is 26.9. The number of anilines is 2. The van der Waals surface area contributed by atoms with Crippen molar-refractivity contribution in [3.63, 3.8) is 0 Å². The third-order valence-electron chi connectivity index (χ3n) is 16.2. The molecule has 4 aliphatic carbocycles. The van der Waals surface area contributed by atoms with Crippen LogP contribution in [0.4, 0.5) is 11.4 Å². The third kappa shape index (κ3) is 7.13. The third-order valence-corrected chi connectivity index (χ3v) is 16.2. The quantitative estimate of drug-likeness (QED) is 0.150. The van der Waals surface area contributed by atoms with E-state index in [4.69, 9.17) is 20.9 Å². The maximum absolute atomic E-state index is 6.42. The molecule has 4 aromatic rings. The Morgan fingerprint density at radius 3 is 1.79 bits per heavy atom. The molecule has 4 saturated carbocycles. The number of rotatable bonds is 11. The lowest BCUT2D eigenvalue weighted by atomic mass is 9.41. The number of ether oxygens (including phenoxy) is 2.